The molecular weight excluding hydrogens is 375 g/mol. The van der Waals surface area contributed by atoms with Gasteiger partial charge in [-0.25, -0.2) is 14.0 Å². The van der Waals surface area contributed by atoms with Crippen molar-refractivity contribution in [3.63, 3.8) is 0 Å². The normalized spacial score (nSPS) is 14.2. The molecule has 1 fully saturated rings. The lowest BCUT2D eigenvalue weighted by Crippen LogP contribution is -2.40. The smallest absolute Gasteiger partial charge is 0.414 e. The van der Waals surface area contributed by atoms with Crippen LogP contribution in [0.5, 0.6) is 0 Å². The van der Waals surface area contributed by atoms with Crippen LogP contribution in [0.3, 0.4) is 0 Å². The van der Waals surface area contributed by atoms with E-state index in [1.54, 1.807) is 12.1 Å². The van der Waals surface area contributed by atoms with E-state index in [0.717, 1.165) is 39.4 Å². The van der Waals surface area contributed by atoms with Gasteiger partial charge in [0.25, 0.3) is 0 Å². The van der Waals surface area contributed by atoms with E-state index in [1.807, 2.05) is 0 Å². The van der Waals surface area contributed by atoms with E-state index in [2.05, 4.69) is 20.4 Å². The first kappa shape index (κ1) is 21.4. The molecule has 0 amide bonds. The number of morpholine rings is 1. The monoisotopic (exact) mass is 396 g/mol. The Bertz CT molecular complexity index is 749. The Hall–Kier alpha value is -2.89. The summed E-state index contributed by atoms with van der Waals surface area (Å²) in [6.45, 7) is 5.94. The maximum absolute atomic E-state index is 12.9. The zero-order valence-corrected chi connectivity index (χ0v) is 15.0. The predicted octanol–water partition coefficient (Wildman–Crippen LogP) is 0.453. The second kappa shape index (κ2) is 11.1. The van der Waals surface area contributed by atoms with E-state index in [4.69, 9.17) is 29.0 Å². The largest absolute Gasteiger partial charge is 0.473 e. The minimum absolute atomic E-state index is 0.284. The highest BCUT2D eigenvalue weighted by Gasteiger charge is 2.11. The Morgan fingerprint density at radius 1 is 1.11 bits per heavy atom. The van der Waals surface area contributed by atoms with Crippen molar-refractivity contribution in [3.05, 3.63) is 36.0 Å². The number of hydrogen-bond donors (Lipinski definition) is 3. The van der Waals surface area contributed by atoms with Crippen LogP contribution in [0.2, 0.25) is 0 Å². The molecule has 3 rings (SSSR count). The van der Waals surface area contributed by atoms with Crippen LogP contribution in [0.1, 0.15) is 5.89 Å². The molecule has 1 saturated heterocycles. The zero-order chi connectivity index (χ0) is 20.4. The lowest BCUT2D eigenvalue weighted by Gasteiger charge is -2.26. The summed E-state index contributed by atoms with van der Waals surface area (Å²) in [5, 5.41) is 26.0. The number of aromatic nitrogens is 2. The highest BCUT2D eigenvalue weighted by atomic mass is 19.1. The van der Waals surface area contributed by atoms with Gasteiger partial charge in [0.05, 0.1) is 19.8 Å². The molecule has 0 unspecified atom stereocenters. The Kier molecular flexibility index (Phi) is 8.46. The number of nitrogens with one attached hydrogen (secondary N) is 1. The molecule has 0 spiro atoms. The third kappa shape index (κ3) is 7.39. The van der Waals surface area contributed by atoms with Crippen LogP contribution < -0.4 is 5.32 Å². The van der Waals surface area contributed by atoms with E-state index in [9.17, 15) is 4.39 Å². The van der Waals surface area contributed by atoms with Gasteiger partial charge in [-0.1, -0.05) is 0 Å². The minimum atomic E-state index is -1.82. The molecule has 1 aliphatic heterocycles. The second-order valence-corrected chi connectivity index (χ2v) is 5.75. The molecule has 1 aromatic heterocycles. The molecule has 10 nitrogen and oxygen atoms in total. The van der Waals surface area contributed by atoms with E-state index in [0.29, 0.717) is 23.9 Å². The SMILES string of the molecule is Fc1ccc(-c2nnc(CNCCN3CCOCC3)o2)cc1.O=C(O)C(=O)O. The van der Waals surface area contributed by atoms with Gasteiger partial charge in [0.1, 0.15) is 5.82 Å². The number of halogens is 1. The first-order valence-electron chi connectivity index (χ1n) is 8.51. The number of aliphatic carboxylic acids is 2. The first-order chi connectivity index (χ1) is 13.5. The van der Waals surface area contributed by atoms with Gasteiger partial charge >= 0.3 is 11.9 Å². The summed E-state index contributed by atoms with van der Waals surface area (Å²) in [7, 11) is 0. The Morgan fingerprint density at radius 2 is 1.75 bits per heavy atom. The van der Waals surface area contributed by atoms with Crippen molar-refractivity contribution in [2.45, 2.75) is 6.54 Å². The van der Waals surface area contributed by atoms with E-state index < -0.39 is 11.9 Å². The highest BCUT2D eigenvalue weighted by Crippen LogP contribution is 2.17. The molecule has 28 heavy (non-hydrogen) atoms. The molecule has 2 aromatic rings. The number of carboxylic acid groups (broad SMARTS) is 2. The molecule has 3 N–H and O–H groups in total. The standard InChI is InChI=1S/C15H19FN4O2.C2H2O4/c16-13-3-1-12(2-4-13)15-19-18-14(22-15)11-17-5-6-20-7-9-21-10-8-20;3-1(4)2(5)6/h1-4,17H,5-11H2;(H,3,4)(H,5,6). The van der Waals surface area contributed by atoms with Crippen LogP contribution in [0, 0.1) is 5.82 Å². The molecule has 2 heterocycles. The Labute approximate surface area is 159 Å². The van der Waals surface area contributed by atoms with Gasteiger partial charge in [-0.15, -0.1) is 10.2 Å². The Balaban J connectivity index is 0.000000409. The maximum atomic E-state index is 12.9. The van der Waals surface area contributed by atoms with Crippen molar-refractivity contribution in [2.75, 3.05) is 39.4 Å². The summed E-state index contributed by atoms with van der Waals surface area (Å²) < 4.78 is 23.7. The van der Waals surface area contributed by atoms with Crippen LogP contribution in [-0.2, 0) is 20.9 Å². The average Bonchev–Trinajstić information content (AvgIpc) is 3.16. The van der Waals surface area contributed by atoms with Crippen LogP contribution in [0.4, 0.5) is 4.39 Å². The third-order valence-corrected chi connectivity index (χ3v) is 3.73. The maximum Gasteiger partial charge on any atom is 0.414 e. The van der Waals surface area contributed by atoms with Gasteiger partial charge < -0.3 is 24.7 Å². The molecular formula is C17H21FN4O6. The van der Waals surface area contributed by atoms with Crippen LogP contribution in [0.15, 0.2) is 28.7 Å². The molecule has 0 bridgehead atoms. The van der Waals surface area contributed by atoms with E-state index in [1.165, 1.54) is 12.1 Å². The van der Waals surface area contributed by atoms with Crippen molar-refractivity contribution in [2.24, 2.45) is 0 Å². The third-order valence-electron chi connectivity index (χ3n) is 3.73. The summed E-state index contributed by atoms with van der Waals surface area (Å²) in [5.74, 6) is -3.00. The quantitative estimate of drug-likeness (QED) is 0.466. The lowest BCUT2D eigenvalue weighted by atomic mass is 10.2. The first-order valence-corrected chi connectivity index (χ1v) is 8.51. The van der Waals surface area contributed by atoms with Crippen molar-refractivity contribution >= 4 is 11.9 Å². The van der Waals surface area contributed by atoms with Gasteiger partial charge in [0.15, 0.2) is 0 Å². The summed E-state index contributed by atoms with van der Waals surface area (Å²) >= 11 is 0. The molecule has 0 radical (unpaired) electrons. The van der Waals surface area contributed by atoms with Crippen molar-refractivity contribution in [3.8, 4) is 11.5 Å². The highest BCUT2D eigenvalue weighted by molar-refractivity contribution is 6.27. The Morgan fingerprint density at radius 3 is 2.36 bits per heavy atom. The van der Waals surface area contributed by atoms with Gasteiger partial charge in [-0.3, -0.25) is 4.90 Å². The molecule has 11 heteroatoms. The minimum Gasteiger partial charge on any atom is -0.473 e. The lowest BCUT2D eigenvalue weighted by molar-refractivity contribution is -0.159. The summed E-state index contributed by atoms with van der Waals surface area (Å²) in [4.78, 5) is 20.6. The molecule has 1 aromatic carbocycles. The summed E-state index contributed by atoms with van der Waals surface area (Å²) in [6, 6.07) is 6.00. The second-order valence-electron chi connectivity index (χ2n) is 5.75. The van der Waals surface area contributed by atoms with Crippen LogP contribution >= 0.6 is 0 Å². The summed E-state index contributed by atoms with van der Waals surface area (Å²) in [6.07, 6.45) is 0. The predicted molar refractivity (Wildman–Crippen MR) is 93.9 cm³/mol. The molecule has 1 aliphatic rings. The number of ether oxygens (including phenoxy) is 1. The van der Waals surface area contributed by atoms with Gasteiger partial charge in [-0.05, 0) is 24.3 Å². The average molecular weight is 396 g/mol. The number of carbonyl (C=O) groups is 2. The van der Waals surface area contributed by atoms with Crippen molar-refractivity contribution in [1.82, 2.24) is 20.4 Å². The molecule has 152 valence electrons. The topological polar surface area (TPSA) is 138 Å². The number of nitrogens with zero attached hydrogens (tertiary/aromatic N) is 3. The number of carboxylic acids is 2. The molecule has 0 atom stereocenters. The van der Waals surface area contributed by atoms with Crippen LogP contribution in [-0.4, -0.2) is 76.6 Å². The van der Waals surface area contributed by atoms with E-state index >= 15 is 0 Å². The van der Waals surface area contributed by atoms with Gasteiger partial charge in [0, 0.05) is 31.7 Å². The van der Waals surface area contributed by atoms with Crippen molar-refractivity contribution < 1.29 is 33.3 Å². The van der Waals surface area contributed by atoms with Crippen molar-refractivity contribution in [1.29, 1.82) is 0 Å². The fraction of sp³-hybridized carbons (Fsp3) is 0.412. The fourth-order valence-corrected chi connectivity index (χ4v) is 2.29. The molecule has 0 aliphatic carbocycles. The molecule has 0 saturated carbocycles. The number of benzene rings is 1. The summed E-state index contributed by atoms with van der Waals surface area (Å²) in [5.41, 5.74) is 0.716. The zero-order valence-electron chi connectivity index (χ0n) is 15.0. The van der Waals surface area contributed by atoms with Gasteiger partial charge in [0.2, 0.25) is 11.8 Å². The van der Waals surface area contributed by atoms with Gasteiger partial charge in [-0.2, -0.15) is 0 Å². The fourth-order valence-electron chi connectivity index (χ4n) is 2.29. The van der Waals surface area contributed by atoms with E-state index in [-0.39, 0.29) is 5.82 Å². The number of hydrogen-bond acceptors (Lipinski definition) is 8. The number of rotatable bonds is 6. The van der Waals surface area contributed by atoms with Crippen LogP contribution in [0.25, 0.3) is 11.5 Å².